The Morgan fingerprint density at radius 2 is 1.92 bits per heavy atom. The summed E-state index contributed by atoms with van der Waals surface area (Å²) in [6, 6.07) is 4.26. The van der Waals surface area contributed by atoms with Crippen molar-refractivity contribution in [3.05, 3.63) is 46.4 Å². The van der Waals surface area contributed by atoms with Crippen LogP contribution in [0.15, 0.2) is 24.5 Å². The third-order valence-corrected chi connectivity index (χ3v) is 4.56. The lowest BCUT2D eigenvalue weighted by atomic mass is 10.1. The van der Waals surface area contributed by atoms with Crippen LogP contribution in [-0.4, -0.2) is 21.9 Å². The summed E-state index contributed by atoms with van der Waals surface area (Å²) in [4.78, 5) is 20.9. The monoisotopic (exact) mass is 344 g/mol. The largest absolute Gasteiger partial charge is 0.366 e. The molecule has 1 aromatic carbocycles. The average molecular weight is 345 g/mol. The zero-order valence-electron chi connectivity index (χ0n) is 13.9. The second kappa shape index (κ2) is 7.18. The smallest absolute Gasteiger partial charge is 0.275 e. The van der Waals surface area contributed by atoms with Crippen molar-refractivity contribution in [2.75, 3.05) is 10.6 Å². The maximum atomic E-state index is 12.4. The number of rotatable bonds is 4. The molecule has 0 spiro atoms. The average Bonchev–Trinajstić information content (AvgIpc) is 3.04. The van der Waals surface area contributed by atoms with Crippen molar-refractivity contribution in [2.45, 2.75) is 45.6 Å². The molecule has 2 N–H and O–H groups in total. The van der Waals surface area contributed by atoms with E-state index in [9.17, 15) is 4.79 Å². The number of carbonyl (C=O) groups excluding carboxylic acids is 1. The Balaban J connectivity index is 1.69. The molecule has 126 valence electrons. The lowest BCUT2D eigenvalue weighted by Gasteiger charge is -2.13. The highest BCUT2D eigenvalue weighted by molar-refractivity contribution is 6.34. The molecule has 1 heterocycles. The number of aryl methyl sites for hydroxylation is 2. The van der Waals surface area contributed by atoms with Gasteiger partial charge in [-0.3, -0.25) is 4.79 Å². The van der Waals surface area contributed by atoms with Crippen LogP contribution >= 0.6 is 11.6 Å². The molecule has 0 atom stereocenters. The number of carbonyl (C=O) groups is 1. The molecule has 0 aliphatic heterocycles. The quantitative estimate of drug-likeness (QED) is 0.865. The molecule has 0 bridgehead atoms. The van der Waals surface area contributed by atoms with Gasteiger partial charge in [0.2, 0.25) is 0 Å². The van der Waals surface area contributed by atoms with E-state index in [0.717, 1.165) is 24.0 Å². The van der Waals surface area contributed by atoms with Gasteiger partial charge in [0.25, 0.3) is 5.91 Å². The summed E-state index contributed by atoms with van der Waals surface area (Å²) < 4.78 is 0. The van der Waals surface area contributed by atoms with E-state index in [0.29, 0.717) is 22.6 Å². The van der Waals surface area contributed by atoms with Crippen molar-refractivity contribution in [2.24, 2.45) is 0 Å². The van der Waals surface area contributed by atoms with Gasteiger partial charge in [-0.1, -0.05) is 30.5 Å². The normalized spacial score (nSPS) is 14.6. The Bertz CT molecular complexity index is 716. The number of nitrogens with one attached hydrogen (secondary N) is 2. The molecule has 1 saturated carbocycles. The highest BCUT2D eigenvalue weighted by atomic mass is 35.5. The summed E-state index contributed by atoms with van der Waals surface area (Å²) in [5.74, 6) is 0.395. The Morgan fingerprint density at radius 1 is 1.17 bits per heavy atom. The van der Waals surface area contributed by atoms with Gasteiger partial charge in [-0.15, -0.1) is 0 Å². The van der Waals surface area contributed by atoms with E-state index in [-0.39, 0.29) is 11.6 Å². The first-order chi connectivity index (χ1) is 11.5. The van der Waals surface area contributed by atoms with Gasteiger partial charge in [-0.2, -0.15) is 0 Å². The molecule has 24 heavy (non-hydrogen) atoms. The van der Waals surface area contributed by atoms with E-state index in [2.05, 4.69) is 20.6 Å². The van der Waals surface area contributed by atoms with Crippen molar-refractivity contribution in [1.82, 2.24) is 9.97 Å². The molecular weight excluding hydrogens is 324 g/mol. The van der Waals surface area contributed by atoms with E-state index in [1.54, 1.807) is 6.20 Å². The van der Waals surface area contributed by atoms with Crippen molar-refractivity contribution in [3.63, 3.8) is 0 Å². The van der Waals surface area contributed by atoms with Crippen LogP contribution in [0.3, 0.4) is 0 Å². The van der Waals surface area contributed by atoms with Crippen LogP contribution in [0.2, 0.25) is 5.02 Å². The van der Waals surface area contributed by atoms with Gasteiger partial charge in [0.05, 0.1) is 23.1 Å². The first-order valence-electron chi connectivity index (χ1n) is 8.19. The molecule has 1 aromatic heterocycles. The summed E-state index contributed by atoms with van der Waals surface area (Å²) in [6.45, 7) is 3.88. The lowest BCUT2D eigenvalue weighted by Crippen LogP contribution is -2.18. The van der Waals surface area contributed by atoms with Crippen molar-refractivity contribution in [1.29, 1.82) is 0 Å². The van der Waals surface area contributed by atoms with E-state index in [1.165, 1.54) is 19.0 Å². The van der Waals surface area contributed by atoms with Crippen LogP contribution in [0.4, 0.5) is 11.5 Å². The summed E-state index contributed by atoms with van der Waals surface area (Å²) in [6.07, 6.45) is 7.93. The van der Waals surface area contributed by atoms with Crippen molar-refractivity contribution >= 4 is 29.0 Å². The number of aromatic nitrogens is 2. The Kier molecular flexibility index (Phi) is 5.00. The zero-order chi connectivity index (χ0) is 17.1. The Hall–Kier alpha value is -2.14. The standard InChI is InChI=1S/C18H21ClN4O/c1-11-7-12(2)17(14(19)8-11)23-18(24)15-9-21-16(10-20-15)22-13-5-3-4-6-13/h7-10,13H,3-6H2,1-2H3,(H,21,22)(H,23,24). The van der Waals surface area contributed by atoms with E-state index in [1.807, 2.05) is 26.0 Å². The SMILES string of the molecule is Cc1cc(C)c(NC(=O)c2cnc(NC3CCCC3)cn2)c(Cl)c1. The second-order valence-electron chi connectivity index (χ2n) is 6.31. The maximum absolute atomic E-state index is 12.4. The van der Waals surface area contributed by atoms with Gasteiger partial charge in [-0.05, 0) is 43.9 Å². The lowest BCUT2D eigenvalue weighted by molar-refractivity contribution is 0.102. The predicted molar refractivity (Wildman–Crippen MR) is 96.8 cm³/mol. The fourth-order valence-corrected chi connectivity index (χ4v) is 3.42. The number of anilines is 2. The molecule has 1 aliphatic rings. The molecule has 2 aromatic rings. The van der Waals surface area contributed by atoms with Crippen LogP contribution in [-0.2, 0) is 0 Å². The summed E-state index contributed by atoms with van der Waals surface area (Å²) >= 11 is 6.23. The fraction of sp³-hybridized carbons (Fsp3) is 0.389. The number of hydrogen-bond donors (Lipinski definition) is 2. The minimum Gasteiger partial charge on any atom is -0.366 e. The molecule has 0 radical (unpaired) electrons. The van der Waals surface area contributed by atoms with E-state index >= 15 is 0 Å². The molecule has 6 heteroatoms. The van der Waals surface area contributed by atoms with Gasteiger partial charge in [0.15, 0.2) is 0 Å². The summed E-state index contributed by atoms with van der Waals surface area (Å²) in [7, 11) is 0. The Labute approximate surface area is 146 Å². The zero-order valence-corrected chi connectivity index (χ0v) is 14.7. The topological polar surface area (TPSA) is 66.9 Å². The van der Waals surface area contributed by atoms with Crippen LogP contribution < -0.4 is 10.6 Å². The van der Waals surface area contributed by atoms with Gasteiger partial charge in [0, 0.05) is 6.04 Å². The van der Waals surface area contributed by atoms with Crippen molar-refractivity contribution < 1.29 is 4.79 Å². The third kappa shape index (κ3) is 3.85. The number of halogens is 1. The van der Waals surface area contributed by atoms with Crippen LogP contribution in [0.1, 0.15) is 47.3 Å². The van der Waals surface area contributed by atoms with Crippen LogP contribution in [0, 0.1) is 13.8 Å². The molecular formula is C18H21ClN4O. The highest BCUT2D eigenvalue weighted by Gasteiger charge is 2.16. The minimum absolute atomic E-state index is 0.267. The first kappa shape index (κ1) is 16.7. The van der Waals surface area contributed by atoms with Crippen LogP contribution in [0.25, 0.3) is 0 Å². The number of amides is 1. The molecule has 1 aliphatic carbocycles. The fourth-order valence-electron chi connectivity index (χ4n) is 3.05. The van der Waals surface area contributed by atoms with Crippen LogP contribution in [0.5, 0.6) is 0 Å². The molecule has 0 saturated heterocycles. The van der Waals surface area contributed by atoms with E-state index in [4.69, 9.17) is 11.6 Å². The van der Waals surface area contributed by atoms with Gasteiger partial charge >= 0.3 is 0 Å². The van der Waals surface area contributed by atoms with E-state index < -0.39 is 0 Å². The predicted octanol–water partition coefficient (Wildman–Crippen LogP) is 4.35. The second-order valence-corrected chi connectivity index (χ2v) is 6.71. The number of benzene rings is 1. The van der Waals surface area contributed by atoms with Gasteiger partial charge in [0.1, 0.15) is 11.5 Å². The molecule has 5 nitrogen and oxygen atoms in total. The molecule has 1 amide bonds. The molecule has 0 unspecified atom stereocenters. The highest BCUT2D eigenvalue weighted by Crippen LogP contribution is 2.27. The van der Waals surface area contributed by atoms with Gasteiger partial charge < -0.3 is 10.6 Å². The Morgan fingerprint density at radius 3 is 2.54 bits per heavy atom. The minimum atomic E-state index is -0.316. The van der Waals surface area contributed by atoms with Gasteiger partial charge in [-0.25, -0.2) is 9.97 Å². The van der Waals surface area contributed by atoms with Crippen molar-refractivity contribution in [3.8, 4) is 0 Å². The first-order valence-corrected chi connectivity index (χ1v) is 8.57. The molecule has 3 rings (SSSR count). The summed E-state index contributed by atoms with van der Waals surface area (Å²) in [5.41, 5.74) is 2.85. The number of hydrogen-bond acceptors (Lipinski definition) is 4. The third-order valence-electron chi connectivity index (χ3n) is 4.26. The maximum Gasteiger partial charge on any atom is 0.275 e. The molecule has 1 fully saturated rings. The summed E-state index contributed by atoms with van der Waals surface area (Å²) in [5, 5.41) is 6.70. The number of nitrogens with zero attached hydrogens (tertiary/aromatic N) is 2.